The summed E-state index contributed by atoms with van der Waals surface area (Å²) >= 11 is 0. The van der Waals surface area contributed by atoms with Crippen LogP contribution in [-0.4, -0.2) is 35.7 Å². The van der Waals surface area contributed by atoms with Crippen LogP contribution in [0.1, 0.15) is 17.5 Å². The first kappa shape index (κ1) is 11.0. The van der Waals surface area contributed by atoms with Gasteiger partial charge in [0, 0.05) is 25.6 Å². The average Bonchev–Trinajstić information content (AvgIpc) is 2.34. The Labute approximate surface area is 103 Å². The third-order valence-corrected chi connectivity index (χ3v) is 3.98. The zero-order valence-electron chi connectivity index (χ0n) is 10.3. The molecule has 0 aromatic heterocycles. The third-order valence-electron chi connectivity index (χ3n) is 3.98. The minimum atomic E-state index is -0.168. The van der Waals surface area contributed by atoms with Crippen molar-refractivity contribution < 1.29 is 5.11 Å². The van der Waals surface area contributed by atoms with Crippen molar-refractivity contribution in [3.8, 4) is 0 Å². The van der Waals surface area contributed by atoms with E-state index in [9.17, 15) is 5.11 Å². The maximum absolute atomic E-state index is 10.2. The standard InChI is InChI=1S/C15H19NO/c1-11-3-2-4-12(9-11)13-5-7-16-8-6-15(17)14(13)10-16/h2-5,9,14-15,17H,6-8,10H2,1H3. The molecule has 2 heteroatoms. The summed E-state index contributed by atoms with van der Waals surface area (Å²) in [5.41, 5.74) is 3.92. The van der Waals surface area contributed by atoms with Crippen LogP contribution in [0.5, 0.6) is 0 Å². The fourth-order valence-corrected chi connectivity index (χ4v) is 3.01. The number of rotatable bonds is 1. The van der Waals surface area contributed by atoms with Gasteiger partial charge in [0.1, 0.15) is 0 Å². The molecule has 0 radical (unpaired) electrons. The molecule has 2 aliphatic heterocycles. The lowest BCUT2D eigenvalue weighted by Gasteiger charge is -2.40. The van der Waals surface area contributed by atoms with Crippen molar-refractivity contribution in [2.24, 2.45) is 5.92 Å². The van der Waals surface area contributed by atoms with E-state index in [0.29, 0.717) is 5.92 Å². The molecule has 1 fully saturated rings. The predicted molar refractivity (Wildman–Crippen MR) is 69.7 cm³/mol. The summed E-state index contributed by atoms with van der Waals surface area (Å²) in [6.45, 7) is 5.21. The highest BCUT2D eigenvalue weighted by Gasteiger charge is 2.33. The van der Waals surface area contributed by atoms with Gasteiger partial charge in [0.2, 0.25) is 0 Å². The second-order valence-corrected chi connectivity index (χ2v) is 5.25. The summed E-state index contributed by atoms with van der Waals surface area (Å²) in [6.07, 6.45) is 3.04. The summed E-state index contributed by atoms with van der Waals surface area (Å²) in [7, 11) is 0. The van der Waals surface area contributed by atoms with Gasteiger partial charge in [-0.1, -0.05) is 35.9 Å². The summed E-state index contributed by atoms with van der Waals surface area (Å²) in [5, 5.41) is 10.2. The summed E-state index contributed by atoms with van der Waals surface area (Å²) < 4.78 is 0. The monoisotopic (exact) mass is 229 g/mol. The van der Waals surface area contributed by atoms with Crippen LogP contribution in [0.2, 0.25) is 0 Å². The Balaban J connectivity index is 1.97. The van der Waals surface area contributed by atoms with Gasteiger partial charge in [0.05, 0.1) is 6.10 Å². The first-order chi connectivity index (χ1) is 8.24. The molecule has 90 valence electrons. The zero-order valence-corrected chi connectivity index (χ0v) is 10.3. The Morgan fingerprint density at radius 3 is 3.06 bits per heavy atom. The van der Waals surface area contributed by atoms with Gasteiger partial charge in [0.15, 0.2) is 0 Å². The Morgan fingerprint density at radius 2 is 2.24 bits per heavy atom. The number of hydrogen-bond acceptors (Lipinski definition) is 2. The molecule has 0 amide bonds. The lowest BCUT2D eigenvalue weighted by Crippen LogP contribution is -2.46. The SMILES string of the molecule is Cc1cccc(C2=CCN3CCC(O)C2C3)c1. The number of nitrogens with zero attached hydrogens (tertiary/aromatic N) is 1. The van der Waals surface area contributed by atoms with Gasteiger partial charge in [0.25, 0.3) is 0 Å². The van der Waals surface area contributed by atoms with Crippen LogP contribution in [0.4, 0.5) is 0 Å². The molecule has 2 bridgehead atoms. The number of aryl methyl sites for hydroxylation is 1. The molecular weight excluding hydrogens is 210 g/mol. The van der Waals surface area contributed by atoms with E-state index >= 15 is 0 Å². The van der Waals surface area contributed by atoms with E-state index in [1.807, 2.05) is 0 Å². The number of aliphatic hydroxyl groups excluding tert-OH is 1. The fraction of sp³-hybridized carbons (Fsp3) is 0.467. The lowest BCUT2D eigenvalue weighted by atomic mass is 9.81. The first-order valence-corrected chi connectivity index (χ1v) is 6.41. The molecule has 0 saturated carbocycles. The molecular formula is C15H19NO. The van der Waals surface area contributed by atoms with Crippen LogP contribution in [0, 0.1) is 12.8 Å². The van der Waals surface area contributed by atoms with Crippen molar-refractivity contribution in [1.82, 2.24) is 4.90 Å². The quantitative estimate of drug-likeness (QED) is 0.797. The van der Waals surface area contributed by atoms with Crippen molar-refractivity contribution in [1.29, 1.82) is 0 Å². The van der Waals surface area contributed by atoms with E-state index in [1.54, 1.807) is 0 Å². The molecule has 17 heavy (non-hydrogen) atoms. The normalized spacial score (nSPS) is 32.1. The molecule has 3 unspecified atom stereocenters. The Morgan fingerprint density at radius 1 is 1.35 bits per heavy atom. The molecule has 1 N–H and O–H groups in total. The fourth-order valence-electron chi connectivity index (χ4n) is 3.01. The predicted octanol–water partition coefficient (Wildman–Crippen LogP) is 2.07. The summed E-state index contributed by atoms with van der Waals surface area (Å²) in [6, 6.07) is 8.61. The van der Waals surface area contributed by atoms with E-state index < -0.39 is 0 Å². The van der Waals surface area contributed by atoms with E-state index in [0.717, 1.165) is 26.1 Å². The van der Waals surface area contributed by atoms with Crippen LogP contribution in [0.3, 0.4) is 0 Å². The second-order valence-electron chi connectivity index (χ2n) is 5.25. The average molecular weight is 229 g/mol. The van der Waals surface area contributed by atoms with Gasteiger partial charge in [-0.3, -0.25) is 4.90 Å². The molecule has 2 heterocycles. The van der Waals surface area contributed by atoms with Crippen LogP contribution >= 0.6 is 0 Å². The third kappa shape index (κ3) is 2.03. The molecule has 1 aromatic carbocycles. The maximum Gasteiger partial charge on any atom is 0.0633 e. The van der Waals surface area contributed by atoms with Crippen LogP contribution in [0.15, 0.2) is 30.3 Å². The second kappa shape index (κ2) is 4.28. The van der Waals surface area contributed by atoms with Crippen LogP contribution in [-0.2, 0) is 0 Å². The van der Waals surface area contributed by atoms with Gasteiger partial charge in [-0.15, -0.1) is 0 Å². The topological polar surface area (TPSA) is 23.5 Å². The largest absolute Gasteiger partial charge is 0.392 e. The van der Waals surface area contributed by atoms with Crippen LogP contribution in [0.25, 0.3) is 5.57 Å². The minimum Gasteiger partial charge on any atom is -0.392 e. The summed E-state index contributed by atoms with van der Waals surface area (Å²) in [5.74, 6) is 0.305. The van der Waals surface area contributed by atoms with E-state index in [1.165, 1.54) is 16.7 Å². The number of aliphatic hydroxyl groups is 1. The molecule has 0 spiro atoms. The van der Waals surface area contributed by atoms with Gasteiger partial charge >= 0.3 is 0 Å². The first-order valence-electron chi connectivity index (χ1n) is 6.41. The number of fused-ring (bicyclic) bond motifs is 2. The number of piperidine rings is 1. The maximum atomic E-state index is 10.2. The molecule has 3 atom stereocenters. The highest BCUT2D eigenvalue weighted by Crippen LogP contribution is 2.34. The van der Waals surface area contributed by atoms with Crippen molar-refractivity contribution in [3.63, 3.8) is 0 Å². The molecule has 2 aliphatic rings. The highest BCUT2D eigenvalue weighted by atomic mass is 16.3. The van der Waals surface area contributed by atoms with Crippen molar-refractivity contribution >= 4 is 5.57 Å². The lowest BCUT2D eigenvalue weighted by molar-refractivity contribution is 0.0509. The van der Waals surface area contributed by atoms with Crippen molar-refractivity contribution in [2.45, 2.75) is 19.4 Å². The van der Waals surface area contributed by atoms with E-state index in [2.05, 4.69) is 42.2 Å². The van der Waals surface area contributed by atoms with Gasteiger partial charge in [-0.2, -0.15) is 0 Å². The van der Waals surface area contributed by atoms with Crippen LogP contribution < -0.4 is 0 Å². The van der Waals surface area contributed by atoms with Crippen molar-refractivity contribution in [2.75, 3.05) is 19.6 Å². The number of hydrogen-bond donors (Lipinski definition) is 1. The van der Waals surface area contributed by atoms with Crippen molar-refractivity contribution in [3.05, 3.63) is 41.5 Å². The van der Waals surface area contributed by atoms with Gasteiger partial charge < -0.3 is 5.11 Å². The van der Waals surface area contributed by atoms with Gasteiger partial charge in [-0.25, -0.2) is 0 Å². The molecule has 2 nitrogen and oxygen atoms in total. The Bertz CT molecular complexity index is 452. The molecule has 3 rings (SSSR count). The van der Waals surface area contributed by atoms with E-state index in [4.69, 9.17) is 0 Å². The molecule has 1 saturated heterocycles. The van der Waals surface area contributed by atoms with E-state index in [-0.39, 0.29) is 6.10 Å². The summed E-state index contributed by atoms with van der Waals surface area (Å²) in [4.78, 5) is 2.43. The Kier molecular flexibility index (Phi) is 2.77. The molecule has 0 aliphatic carbocycles. The Hall–Kier alpha value is -1.12. The minimum absolute atomic E-state index is 0.168. The number of benzene rings is 1. The highest BCUT2D eigenvalue weighted by molar-refractivity contribution is 5.69. The smallest absolute Gasteiger partial charge is 0.0633 e. The zero-order chi connectivity index (χ0) is 11.8. The molecule has 1 aromatic rings. The van der Waals surface area contributed by atoms with Gasteiger partial charge in [-0.05, 0) is 24.5 Å².